The molecule has 0 aromatic heterocycles. The van der Waals surface area contributed by atoms with E-state index in [1.165, 1.54) is 18.7 Å². The molecule has 15 nitrogen and oxygen atoms in total. The molecule has 0 spiro atoms. The van der Waals surface area contributed by atoms with Crippen LogP contribution < -0.4 is 32.7 Å². The number of amides is 5. The van der Waals surface area contributed by atoms with E-state index < -0.39 is 71.6 Å². The van der Waals surface area contributed by atoms with E-state index in [2.05, 4.69) is 26.3 Å². The van der Waals surface area contributed by atoms with Crippen molar-refractivity contribution >= 4 is 41.5 Å². The van der Waals surface area contributed by atoms with Gasteiger partial charge in [0.05, 0.1) is 19.5 Å². The van der Waals surface area contributed by atoms with Gasteiger partial charge in [-0.15, -0.1) is 0 Å². The number of nitrogens with two attached hydrogens (primary N) is 2. The molecule has 3 fully saturated rings. The molecule has 0 aliphatic carbocycles. The average molecular weight is 573 g/mol. The number of rotatable bonds is 8. The maximum absolute atomic E-state index is 13.8. The normalized spacial score (nSPS) is 24.8. The highest BCUT2D eigenvalue weighted by Crippen LogP contribution is 2.34. The highest BCUT2D eigenvalue weighted by Gasteiger charge is 2.59. The minimum absolute atomic E-state index is 0.0633. The van der Waals surface area contributed by atoms with Crippen molar-refractivity contribution in [1.29, 1.82) is 0 Å². The monoisotopic (exact) mass is 572 g/mol. The standard InChI is InChI=1S/C26H36N8O7/c1-25(2)22(40)32-16(9-6-10-29-24(27)28)20(38)30-13-18(35)31-17(11-19(36)37)21(39)33-26(14-34(25)23(26)41)12-15-7-4-3-5-8-15/h3-5,7-8,16-17H,6,9-14H2,1-2H3,(H,30,38)(H,31,35)(H,32,40)(H,33,39)(H,36,37)(H4,27,28,29). The lowest BCUT2D eigenvalue weighted by molar-refractivity contribution is -0.169. The number of fused-ring (bicyclic) bond motifs is 11. The number of hydrogen-bond acceptors (Lipinski definition) is 7. The second kappa shape index (κ2) is 12.7. The van der Waals surface area contributed by atoms with E-state index in [0.29, 0.717) is 6.42 Å². The summed E-state index contributed by atoms with van der Waals surface area (Å²) in [7, 11) is 0. The zero-order chi connectivity index (χ0) is 30.4. The predicted octanol–water partition coefficient (Wildman–Crippen LogP) is -2.67. The van der Waals surface area contributed by atoms with Crippen LogP contribution in [0.2, 0.25) is 0 Å². The zero-order valence-corrected chi connectivity index (χ0v) is 22.9. The van der Waals surface area contributed by atoms with Gasteiger partial charge in [0, 0.05) is 13.0 Å². The Morgan fingerprint density at radius 1 is 1.05 bits per heavy atom. The summed E-state index contributed by atoms with van der Waals surface area (Å²) < 4.78 is 0. The first-order valence-corrected chi connectivity index (χ1v) is 13.1. The van der Waals surface area contributed by atoms with Crippen LogP contribution in [0.1, 0.15) is 38.7 Å². The molecule has 3 aliphatic rings. The van der Waals surface area contributed by atoms with E-state index in [0.717, 1.165) is 5.56 Å². The van der Waals surface area contributed by atoms with Crippen LogP contribution in [-0.4, -0.2) is 94.3 Å². The first-order valence-electron chi connectivity index (χ1n) is 13.1. The van der Waals surface area contributed by atoms with Crippen molar-refractivity contribution < 1.29 is 33.9 Å². The highest BCUT2D eigenvalue weighted by atomic mass is 16.4. The van der Waals surface area contributed by atoms with Crippen molar-refractivity contribution in [3.8, 4) is 0 Å². The molecule has 9 N–H and O–H groups in total. The van der Waals surface area contributed by atoms with E-state index in [9.17, 15) is 33.9 Å². The SMILES string of the molecule is CC1(C)C(=O)NC(CCCN=C(N)N)C(=O)NCC(=O)NC(CC(=O)O)C(=O)NC2(Cc3ccccc3)CN1C2=O. The van der Waals surface area contributed by atoms with Gasteiger partial charge in [-0.1, -0.05) is 30.3 Å². The Labute approximate surface area is 236 Å². The van der Waals surface area contributed by atoms with Crippen LogP contribution in [-0.2, 0) is 35.2 Å². The van der Waals surface area contributed by atoms with Gasteiger partial charge in [-0.3, -0.25) is 33.8 Å². The van der Waals surface area contributed by atoms with Gasteiger partial charge < -0.3 is 42.7 Å². The molecule has 1 aromatic rings. The van der Waals surface area contributed by atoms with E-state index >= 15 is 0 Å². The second-order valence-electron chi connectivity index (χ2n) is 10.6. The molecule has 41 heavy (non-hydrogen) atoms. The largest absolute Gasteiger partial charge is 0.481 e. The van der Waals surface area contributed by atoms with Crippen LogP contribution in [0.3, 0.4) is 0 Å². The summed E-state index contributed by atoms with van der Waals surface area (Å²) in [4.78, 5) is 82.7. The summed E-state index contributed by atoms with van der Waals surface area (Å²) in [6.45, 7) is 2.54. The van der Waals surface area contributed by atoms with Crippen LogP contribution >= 0.6 is 0 Å². The summed E-state index contributed by atoms with van der Waals surface area (Å²) >= 11 is 0. The molecule has 3 saturated heterocycles. The molecule has 2 bridgehead atoms. The number of carboxylic acids is 1. The average Bonchev–Trinajstić information content (AvgIpc) is 2.90. The molecular weight excluding hydrogens is 536 g/mol. The lowest BCUT2D eigenvalue weighted by Gasteiger charge is -2.55. The summed E-state index contributed by atoms with van der Waals surface area (Å²) in [6.07, 6.45) is -0.276. The van der Waals surface area contributed by atoms with E-state index in [4.69, 9.17) is 11.5 Å². The van der Waals surface area contributed by atoms with Gasteiger partial charge in [-0.25, -0.2) is 0 Å². The van der Waals surface area contributed by atoms with E-state index in [1.807, 2.05) is 0 Å². The van der Waals surface area contributed by atoms with Crippen molar-refractivity contribution in [2.45, 2.75) is 62.7 Å². The number of nitrogens with one attached hydrogen (secondary N) is 4. The molecule has 4 rings (SSSR count). The molecule has 222 valence electrons. The molecule has 0 saturated carbocycles. The maximum atomic E-state index is 13.8. The number of carbonyl (C=O) groups is 6. The lowest BCUT2D eigenvalue weighted by atomic mass is 9.78. The van der Waals surface area contributed by atoms with Gasteiger partial charge in [-0.05, 0) is 32.3 Å². The van der Waals surface area contributed by atoms with Crippen molar-refractivity contribution in [3.05, 3.63) is 35.9 Å². The number of nitrogens with zero attached hydrogens (tertiary/aromatic N) is 2. The second-order valence-corrected chi connectivity index (χ2v) is 10.6. The van der Waals surface area contributed by atoms with Crippen LogP contribution in [0.15, 0.2) is 35.3 Å². The van der Waals surface area contributed by atoms with E-state index in [-0.39, 0.29) is 31.9 Å². The number of guanidine groups is 1. The fraction of sp³-hybridized carbons (Fsp3) is 0.500. The van der Waals surface area contributed by atoms with Crippen LogP contribution in [0.25, 0.3) is 0 Å². The summed E-state index contributed by atoms with van der Waals surface area (Å²) in [5.74, 6) is -5.11. The predicted molar refractivity (Wildman–Crippen MR) is 146 cm³/mol. The van der Waals surface area contributed by atoms with Gasteiger partial charge in [0.25, 0.3) is 5.91 Å². The molecule has 5 amide bonds. The summed E-state index contributed by atoms with van der Waals surface area (Å²) in [5, 5.41) is 19.4. The van der Waals surface area contributed by atoms with Crippen molar-refractivity contribution in [2.24, 2.45) is 16.5 Å². The number of carboxylic acid groups (broad SMARTS) is 1. The minimum atomic E-state index is -1.53. The molecule has 3 heterocycles. The molecule has 0 radical (unpaired) electrons. The summed E-state index contributed by atoms with van der Waals surface area (Å²) in [5.41, 5.74) is 8.47. The molecule has 3 aliphatic heterocycles. The van der Waals surface area contributed by atoms with Crippen molar-refractivity contribution in [1.82, 2.24) is 26.2 Å². The molecule has 3 unspecified atom stereocenters. The topological polar surface area (TPSA) is 238 Å². The Morgan fingerprint density at radius 2 is 1.73 bits per heavy atom. The van der Waals surface area contributed by atoms with Crippen LogP contribution in [0.5, 0.6) is 0 Å². The number of β-lactam (4-membered cyclic amide) rings is 1. The molecular formula is C26H36N8O7. The van der Waals surface area contributed by atoms with Gasteiger partial charge in [0.1, 0.15) is 23.2 Å². The Hall–Kier alpha value is -4.69. The van der Waals surface area contributed by atoms with Gasteiger partial charge in [0.2, 0.25) is 23.6 Å². The fourth-order valence-corrected chi connectivity index (χ4v) is 4.71. The fourth-order valence-electron chi connectivity index (χ4n) is 4.71. The smallest absolute Gasteiger partial charge is 0.305 e. The Balaban J connectivity index is 1.96. The number of carbonyl (C=O) groups excluding carboxylic acids is 5. The van der Waals surface area contributed by atoms with E-state index in [1.54, 1.807) is 30.3 Å². The number of benzene rings is 1. The van der Waals surface area contributed by atoms with Gasteiger partial charge in [0.15, 0.2) is 5.96 Å². The molecule has 15 heteroatoms. The first-order chi connectivity index (χ1) is 19.2. The van der Waals surface area contributed by atoms with Crippen molar-refractivity contribution in [3.63, 3.8) is 0 Å². The van der Waals surface area contributed by atoms with Gasteiger partial charge >= 0.3 is 5.97 Å². The minimum Gasteiger partial charge on any atom is -0.481 e. The first kappa shape index (κ1) is 30.8. The van der Waals surface area contributed by atoms with Crippen molar-refractivity contribution in [2.75, 3.05) is 19.6 Å². The molecule has 1 aromatic carbocycles. The van der Waals surface area contributed by atoms with Gasteiger partial charge in [-0.2, -0.15) is 0 Å². The zero-order valence-electron chi connectivity index (χ0n) is 22.9. The lowest BCUT2D eigenvalue weighted by Crippen LogP contribution is -2.81. The number of aliphatic imine (C=N–C) groups is 1. The Kier molecular flexibility index (Phi) is 9.52. The quantitative estimate of drug-likeness (QED) is 0.0564. The number of hydrogen-bond donors (Lipinski definition) is 7. The maximum Gasteiger partial charge on any atom is 0.305 e. The summed E-state index contributed by atoms with van der Waals surface area (Å²) in [6, 6.07) is 6.23. The third-order valence-electron chi connectivity index (χ3n) is 7.04. The third-order valence-corrected chi connectivity index (χ3v) is 7.04. The van der Waals surface area contributed by atoms with Crippen LogP contribution in [0.4, 0.5) is 0 Å². The number of aliphatic carboxylic acids is 1. The highest BCUT2D eigenvalue weighted by molar-refractivity contribution is 6.03. The third kappa shape index (κ3) is 7.49. The Bertz CT molecular complexity index is 1230. The Morgan fingerprint density at radius 3 is 2.34 bits per heavy atom. The molecule has 3 atom stereocenters. The van der Waals surface area contributed by atoms with Crippen LogP contribution in [0, 0.1) is 0 Å².